The zero-order valence-electron chi connectivity index (χ0n) is 13.5. The normalized spacial score (nSPS) is 12.3. The van der Waals surface area contributed by atoms with Gasteiger partial charge in [0, 0.05) is 11.0 Å². The lowest BCUT2D eigenvalue weighted by Crippen LogP contribution is -2.44. The van der Waals surface area contributed by atoms with E-state index in [4.69, 9.17) is 0 Å². The van der Waals surface area contributed by atoms with Crippen LogP contribution in [0.15, 0.2) is 0 Å². The Kier molecular flexibility index (Phi) is 4.76. The van der Waals surface area contributed by atoms with Crippen LogP contribution in [0.4, 0.5) is 0 Å². The van der Waals surface area contributed by atoms with Crippen molar-refractivity contribution in [2.45, 2.75) is 65.5 Å². The Labute approximate surface area is 124 Å². The number of nitrogens with zero attached hydrogens (tertiary/aromatic N) is 3. The Morgan fingerprint density at radius 1 is 1.24 bits per heavy atom. The van der Waals surface area contributed by atoms with Gasteiger partial charge in [-0.1, -0.05) is 32.9 Å². The molecule has 1 aromatic rings. The molecule has 1 rings (SSSR count). The van der Waals surface area contributed by atoms with Crippen molar-refractivity contribution in [3.05, 3.63) is 11.4 Å². The van der Waals surface area contributed by atoms with Gasteiger partial charge in [0.15, 0.2) is 5.69 Å². The number of carboxylic acid groups (broad SMARTS) is 1. The Morgan fingerprint density at radius 3 is 2.24 bits per heavy atom. The average Bonchev–Trinajstić information content (AvgIpc) is 2.71. The molecule has 1 amide bonds. The Morgan fingerprint density at radius 2 is 1.81 bits per heavy atom. The molecular weight excluding hydrogens is 272 g/mol. The second-order valence-corrected chi connectivity index (χ2v) is 6.79. The molecular formula is C14H24N4O3. The first-order valence-electron chi connectivity index (χ1n) is 6.96. The zero-order chi connectivity index (χ0) is 16.4. The summed E-state index contributed by atoms with van der Waals surface area (Å²) in [4.78, 5) is 23.3. The lowest BCUT2D eigenvalue weighted by atomic mass is 9.90. The number of nitrogens with one attached hydrogen (secondary N) is 1. The molecule has 0 aliphatic rings. The van der Waals surface area contributed by atoms with Crippen LogP contribution >= 0.6 is 0 Å². The first-order valence-corrected chi connectivity index (χ1v) is 6.96. The quantitative estimate of drug-likeness (QED) is 0.859. The maximum Gasteiger partial charge on any atom is 0.358 e. The van der Waals surface area contributed by atoms with Gasteiger partial charge < -0.3 is 10.4 Å². The fraction of sp³-hybridized carbons (Fsp3) is 0.714. The molecule has 0 spiro atoms. The molecule has 21 heavy (non-hydrogen) atoms. The lowest BCUT2D eigenvalue weighted by molar-refractivity contribution is -0.123. The molecule has 118 valence electrons. The third-order valence-corrected chi connectivity index (χ3v) is 3.30. The number of hydrogen-bond donors (Lipinski definition) is 2. The van der Waals surface area contributed by atoms with Crippen molar-refractivity contribution in [3.8, 4) is 0 Å². The van der Waals surface area contributed by atoms with Crippen LogP contribution in [-0.4, -0.2) is 37.5 Å². The second-order valence-electron chi connectivity index (χ2n) is 6.79. The van der Waals surface area contributed by atoms with Crippen LogP contribution in [0, 0.1) is 0 Å². The van der Waals surface area contributed by atoms with E-state index in [2.05, 4.69) is 15.6 Å². The molecule has 1 aromatic heterocycles. The van der Waals surface area contributed by atoms with Gasteiger partial charge in [-0.15, -0.1) is 5.10 Å². The first kappa shape index (κ1) is 17.1. The highest BCUT2D eigenvalue weighted by atomic mass is 16.4. The minimum Gasteiger partial charge on any atom is -0.476 e. The van der Waals surface area contributed by atoms with Gasteiger partial charge in [0.2, 0.25) is 5.91 Å². The summed E-state index contributed by atoms with van der Waals surface area (Å²) in [5.41, 5.74) is -0.447. The van der Waals surface area contributed by atoms with Crippen LogP contribution in [0.1, 0.15) is 64.1 Å². The average molecular weight is 296 g/mol. The third-order valence-electron chi connectivity index (χ3n) is 3.30. The molecule has 0 aliphatic heterocycles. The number of aromatic carboxylic acids is 1. The predicted octanol–water partition coefficient (Wildman–Crippen LogP) is 1.58. The molecule has 0 aliphatic carbocycles. The summed E-state index contributed by atoms with van der Waals surface area (Å²) in [5.74, 6) is -1.35. The molecule has 0 atom stereocenters. The predicted molar refractivity (Wildman–Crippen MR) is 78.2 cm³/mol. The highest BCUT2D eigenvalue weighted by molar-refractivity contribution is 5.87. The molecule has 0 saturated heterocycles. The van der Waals surface area contributed by atoms with Crippen molar-refractivity contribution in [1.82, 2.24) is 20.3 Å². The van der Waals surface area contributed by atoms with Gasteiger partial charge in [0.25, 0.3) is 0 Å². The molecule has 0 bridgehead atoms. The molecule has 1 heterocycles. The lowest BCUT2D eigenvalue weighted by Gasteiger charge is -2.25. The molecule has 7 heteroatoms. The van der Waals surface area contributed by atoms with Crippen molar-refractivity contribution < 1.29 is 14.7 Å². The Balaban J connectivity index is 3.05. The van der Waals surface area contributed by atoms with Crippen LogP contribution in [0.2, 0.25) is 0 Å². The van der Waals surface area contributed by atoms with E-state index in [0.717, 1.165) is 6.42 Å². The smallest absolute Gasteiger partial charge is 0.358 e. The molecule has 0 saturated carbocycles. The van der Waals surface area contributed by atoms with Gasteiger partial charge in [0.05, 0.1) is 5.69 Å². The van der Waals surface area contributed by atoms with Gasteiger partial charge in [-0.3, -0.25) is 4.79 Å². The largest absolute Gasteiger partial charge is 0.476 e. The summed E-state index contributed by atoms with van der Waals surface area (Å²) < 4.78 is 1.37. The van der Waals surface area contributed by atoms with E-state index in [1.165, 1.54) is 4.68 Å². The van der Waals surface area contributed by atoms with Gasteiger partial charge in [0.1, 0.15) is 6.54 Å². The van der Waals surface area contributed by atoms with Crippen molar-refractivity contribution in [2.24, 2.45) is 0 Å². The molecule has 0 fully saturated rings. The summed E-state index contributed by atoms with van der Waals surface area (Å²) in [6.07, 6.45) is 0.794. The fourth-order valence-corrected chi connectivity index (χ4v) is 1.95. The van der Waals surface area contributed by atoms with E-state index in [9.17, 15) is 14.7 Å². The van der Waals surface area contributed by atoms with Crippen molar-refractivity contribution in [1.29, 1.82) is 0 Å². The number of hydrogen-bond acceptors (Lipinski definition) is 4. The van der Waals surface area contributed by atoms with Crippen LogP contribution < -0.4 is 5.32 Å². The van der Waals surface area contributed by atoms with Crippen molar-refractivity contribution in [2.75, 3.05) is 0 Å². The summed E-state index contributed by atoms with van der Waals surface area (Å²) in [6.45, 7) is 11.4. The molecule has 0 unspecified atom stereocenters. The highest BCUT2D eigenvalue weighted by Gasteiger charge is 2.30. The van der Waals surface area contributed by atoms with Crippen molar-refractivity contribution in [3.63, 3.8) is 0 Å². The summed E-state index contributed by atoms with van der Waals surface area (Å²) in [6, 6.07) is 0. The maximum atomic E-state index is 12.1. The summed E-state index contributed by atoms with van der Waals surface area (Å²) >= 11 is 0. The number of carbonyl (C=O) groups is 2. The van der Waals surface area contributed by atoms with E-state index in [0.29, 0.717) is 5.69 Å². The van der Waals surface area contributed by atoms with Crippen LogP contribution in [0.5, 0.6) is 0 Å². The SMILES string of the molecule is CCC(C)(C)NC(=O)Cn1nnc(C(=O)O)c1C(C)(C)C. The monoisotopic (exact) mass is 296 g/mol. The number of carbonyl (C=O) groups excluding carboxylic acids is 1. The molecule has 7 nitrogen and oxygen atoms in total. The number of amides is 1. The van der Waals surface area contributed by atoms with E-state index in [-0.39, 0.29) is 23.7 Å². The highest BCUT2D eigenvalue weighted by Crippen LogP contribution is 2.24. The van der Waals surface area contributed by atoms with E-state index in [1.54, 1.807) is 0 Å². The fourth-order valence-electron chi connectivity index (χ4n) is 1.95. The van der Waals surface area contributed by atoms with Gasteiger partial charge in [-0.05, 0) is 20.3 Å². The maximum absolute atomic E-state index is 12.1. The van der Waals surface area contributed by atoms with Gasteiger partial charge in [-0.25, -0.2) is 9.48 Å². The second kappa shape index (κ2) is 5.83. The molecule has 0 radical (unpaired) electrons. The van der Waals surface area contributed by atoms with E-state index < -0.39 is 11.4 Å². The zero-order valence-corrected chi connectivity index (χ0v) is 13.5. The van der Waals surface area contributed by atoms with Gasteiger partial charge >= 0.3 is 5.97 Å². The molecule has 0 aromatic carbocycles. The molecule has 2 N–H and O–H groups in total. The minimum absolute atomic E-state index is 0.0453. The minimum atomic E-state index is -1.14. The Hall–Kier alpha value is -1.92. The topological polar surface area (TPSA) is 97.1 Å². The third kappa shape index (κ3) is 4.27. The van der Waals surface area contributed by atoms with Crippen LogP contribution in [0.3, 0.4) is 0 Å². The van der Waals surface area contributed by atoms with Crippen LogP contribution in [-0.2, 0) is 16.8 Å². The van der Waals surface area contributed by atoms with E-state index >= 15 is 0 Å². The standard InChI is InChI=1S/C14H24N4O3/c1-7-14(5,6)15-9(19)8-18-11(13(2,3)4)10(12(20)21)16-17-18/h7-8H2,1-6H3,(H,15,19)(H,20,21). The number of aromatic nitrogens is 3. The number of rotatable bonds is 5. The van der Waals surface area contributed by atoms with Crippen LogP contribution in [0.25, 0.3) is 0 Å². The Bertz CT molecular complexity index is 541. The summed E-state index contributed by atoms with van der Waals surface area (Å²) in [5, 5.41) is 19.6. The summed E-state index contributed by atoms with van der Waals surface area (Å²) in [7, 11) is 0. The first-order chi connectivity index (χ1) is 9.48. The van der Waals surface area contributed by atoms with E-state index in [1.807, 2.05) is 41.5 Å². The van der Waals surface area contributed by atoms with Crippen molar-refractivity contribution >= 4 is 11.9 Å². The number of carboxylic acids is 1. The van der Waals surface area contributed by atoms with Gasteiger partial charge in [-0.2, -0.15) is 0 Å².